The van der Waals surface area contributed by atoms with E-state index in [4.69, 9.17) is 9.47 Å². The van der Waals surface area contributed by atoms with Crippen LogP contribution in [0.1, 0.15) is 46.1 Å². The Balaban J connectivity index is 2.77. The summed E-state index contributed by atoms with van der Waals surface area (Å²) in [7, 11) is 1.68. The van der Waals surface area contributed by atoms with Gasteiger partial charge in [0.05, 0.1) is 13.2 Å². The summed E-state index contributed by atoms with van der Waals surface area (Å²) < 4.78 is 11.3. The van der Waals surface area contributed by atoms with Gasteiger partial charge in [0.2, 0.25) is 0 Å². The van der Waals surface area contributed by atoms with Gasteiger partial charge in [-0.15, -0.1) is 0 Å². The lowest BCUT2D eigenvalue weighted by Crippen LogP contribution is -2.21. The van der Waals surface area contributed by atoms with Gasteiger partial charge in [-0.25, -0.2) is 0 Å². The molecule has 1 aromatic rings. The Morgan fingerprint density at radius 1 is 1.16 bits per heavy atom. The van der Waals surface area contributed by atoms with Crippen molar-refractivity contribution in [1.82, 2.24) is 5.32 Å². The van der Waals surface area contributed by atoms with Gasteiger partial charge in [-0.3, -0.25) is 0 Å². The second kappa shape index (κ2) is 8.05. The SMILES string of the molecule is CCCC(C)Oc1cc(CNC(C)C)ccc1OC. The van der Waals surface area contributed by atoms with Crippen LogP contribution in [0, 0.1) is 0 Å². The summed E-state index contributed by atoms with van der Waals surface area (Å²) in [6, 6.07) is 6.60. The number of hydrogen-bond acceptors (Lipinski definition) is 3. The van der Waals surface area contributed by atoms with E-state index in [9.17, 15) is 0 Å². The van der Waals surface area contributed by atoms with Crippen LogP contribution in [0.5, 0.6) is 11.5 Å². The molecule has 0 aliphatic heterocycles. The first-order chi connectivity index (χ1) is 9.06. The molecular weight excluding hydrogens is 238 g/mol. The molecule has 108 valence electrons. The molecule has 0 fully saturated rings. The average Bonchev–Trinajstić information content (AvgIpc) is 2.36. The van der Waals surface area contributed by atoms with Crippen LogP contribution >= 0.6 is 0 Å². The van der Waals surface area contributed by atoms with E-state index in [1.54, 1.807) is 7.11 Å². The molecule has 0 saturated carbocycles. The van der Waals surface area contributed by atoms with Crippen molar-refractivity contribution in [2.75, 3.05) is 7.11 Å². The highest BCUT2D eigenvalue weighted by Gasteiger charge is 2.10. The number of nitrogens with one attached hydrogen (secondary N) is 1. The maximum absolute atomic E-state index is 5.97. The minimum Gasteiger partial charge on any atom is -0.493 e. The van der Waals surface area contributed by atoms with E-state index in [1.807, 2.05) is 6.07 Å². The third kappa shape index (κ3) is 5.52. The molecule has 1 aromatic carbocycles. The quantitative estimate of drug-likeness (QED) is 0.776. The lowest BCUT2D eigenvalue weighted by Gasteiger charge is -2.17. The van der Waals surface area contributed by atoms with Crippen molar-refractivity contribution in [3.63, 3.8) is 0 Å². The zero-order valence-corrected chi connectivity index (χ0v) is 12.8. The maximum atomic E-state index is 5.97. The third-order valence-electron chi connectivity index (χ3n) is 2.97. The Morgan fingerprint density at radius 3 is 2.47 bits per heavy atom. The normalized spacial score (nSPS) is 12.5. The third-order valence-corrected chi connectivity index (χ3v) is 2.97. The van der Waals surface area contributed by atoms with Gasteiger partial charge in [-0.1, -0.05) is 33.3 Å². The van der Waals surface area contributed by atoms with Gasteiger partial charge in [0.15, 0.2) is 11.5 Å². The van der Waals surface area contributed by atoms with Gasteiger partial charge < -0.3 is 14.8 Å². The number of rotatable bonds is 8. The van der Waals surface area contributed by atoms with Crippen LogP contribution in [0.3, 0.4) is 0 Å². The zero-order valence-electron chi connectivity index (χ0n) is 12.8. The molecule has 0 spiro atoms. The lowest BCUT2D eigenvalue weighted by molar-refractivity contribution is 0.200. The summed E-state index contributed by atoms with van der Waals surface area (Å²) in [5, 5.41) is 3.41. The molecule has 0 radical (unpaired) electrons. The summed E-state index contributed by atoms with van der Waals surface area (Å²) >= 11 is 0. The standard InChI is InChI=1S/C16H27NO2/c1-6-7-13(4)19-16-10-14(11-17-12(2)3)8-9-15(16)18-5/h8-10,12-13,17H,6-7,11H2,1-5H3. The predicted molar refractivity (Wildman–Crippen MR) is 80.0 cm³/mol. The van der Waals surface area contributed by atoms with Crippen molar-refractivity contribution in [3.05, 3.63) is 23.8 Å². The monoisotopic (exact) mass is 265 g/mol. The van der Waals surface area contributed by atoms with Gasteiger partial charge in [0, 0.05) is 12.6 Å². The van der Waals surface area contributed by atoms with Gasteiger partial charge in [0.1, 0.15) is 0 Å². The fraction of sp³-hybridized carbons (Fsp3) is 0.625. The van der Waals surface area contributed by atoms with E-state index >= 15 is 0 Å². The number of benzene rings is 1. The Kier molecular flexibility index (Phi) is 6.71. The molecule has 0 bridgehead atoms. The van der Waals surface area contributed by atoms with Gasteiger partial charge >= 0.3 is 0 Å². The molecule has 1 N–H and O–H groups in total. The van der Waals surface area contributed by atoms with Crippen LogP contribution in [0.15, 0.2) is 18.2 Å². The molecule has 1 unspecified atom stereocenters. The van der Waals surface area contributed by atoms with E-state index in [0.29, 0.717) is 6.04 Å². The van der Waals surface area contributed by atoms with E-state index < -0.39 is 0 Å². The van der Waals surface area contributed by atoms with Crippen LogP contribution in [0.25, 0.3) is 0 Å². The van der Waals surface area contributed by atoms with Crippen LogP contribution in [-0.4, -0.2) is 19.3 Å². The van der Waals surface area contributed by atoms with E-state index in [-0.39, 0.29) is 6.10 Å². The Hall–Kier alpha value is -1.22. The number of ether oxygens (including phenoxy) is 2. The van der Waals surface area contributed by atoms with Crippen LogP contribution in [0.4, 0.5) is 0 Å². The number of methoxy groups -OCH3 is 1. The van der Waals surface area contributed by atoms with Gasteiger partial charge in [0.25, 0.3) is 0 Å². The summed E-state index contributed by atoms with van der Waals surface area (Å²) in [6.07, 6.45) is 2.39. The van der Waals surface area contributed by atoms with Crippen molar-refractivity contribution in [1.29, 1.82) is 0 Å². The van der Waals surface area contributed by atoms with E-state index in [2.05, 4.69) is 45.1 Å². The molecule has 1 rings (SSSR count). The maximum Gasteiger partial charge on any atom is 0.161 e. The largest absolute Gasteiger partial charge is 0.493 e. The Morgan fingerprint density at radius 2 is 1.89 bits per heavy atom. The molecule has 1 atom stereocenters. The fourth-order valence-electron chi connectivity index (χ4n) is 1.93. The van der Waals surface area contributed by atoms with Crippen molar-refractivity contribution < 1.29 is 9.47 Å². The van der Waals surface area contributed by atoms with E-state index in [1.165, 1.54) is 5.56 Å². The first-order valence-electron chi connectivity index (χ1n) is 7.13. The lowest BCUT2D eigenvalue weighted by atomic mass is 10.2. The zero-order chi connectivity index (χ0) is 14.3. The Bertz CT molecular complexity index is 377. The molecule has 0 aliphatic rings. The molecular formula is C16H27NO2. The molecule has 0 saturated heterocycles. The number of hydrogen-bond donors (Lipinski definition) is 1. The van der Waals surface area contributed by atoms with Gasteiger partial charge in [-0.2, -0.15) is 0 Å². The highest BCUT2D eigenvalue weighted by molar-refractivity contribution is 5.43. The average molecular weight is 265 g/mol. The molecule has 0 heterocycles. The van der Waals surface area contributed by atoms with Crippen LogP contribution in [-0.2, 0) is 6.54 Å². The minimum absolute atomic E-state index is 0.215. The van der Waals surface area contributed by atoms with Crippen LogP contribution in [0.2, 0.25) is 0 Å². The highest BCUT2D eigenvalue weighted by Crippen LogP contribution is 2.29. The topological polar surface area (TPSA) is 30.5 Å². The Labute approximate surface area is 117 Å². The minimum atomic E-state index is 0.215. The summed E-state index contributed by atoms with van der Waals surface area (Å²) in [6.45, 7) is 9.40. The van der Waals surface area contributed by atoms with Crippen LogP contribution < -0.4 is 14.8 Å². The molecule has 3 heteroatoms. The predicted octanol–water partition coefficient (Wildman–Crippen LogP) is 3.76. The highest BCUT2D eigenvalue weighted by atomic mass is 16.5. The molecule has 3 nitrogen and oxygen atoms in total. The molecule has 0 amide bonds. The summed E-state index contributed by atoms with van der Waals surface area (Å²) in [4.78, 5) is 0. The second-order valence-corrected chi connectivity index (χ2v) is 5.24. The van der Waals surface area contributed by atoms with Crippen molar-refractivity contribution in [2.24, 2.45) is 0 Å². The van der Waals surface area contributed by atoms with Gasteiger partial charge in [-0.05, 0) is 31.0 Å². The molecule has 0 aromatic heterocycles. The smallest absolute Gasteiger partial charge is 0.161 e. The summed E-state index contributed by atoms with van der Waals surface area (Å²) in [5.74, 6) is 1.64. The first-order valence-corrected chi connectivity index (χ1v) is 7.13. The molecule has 0 aliphatic carbocycles. The summed E-state index contributed by atoms with van der Waals surface area (Å²) in [5.41, 5.74) is 1.22. The van der Waals surface area contributed by atoms with E-state index in [0.717, 1.165) is 30.9 Å². The van der Waals surface area contributed by atoms with Crippen molar-refractivity contribution in [3.8, 4) is 11.5 Å². The van der Waals surface area contributed by atoms with Crippen molar-refractivity contribution in [2.45, 2.75) is 59.2 Å². The fourth-order valence-corrected chi connectivity index (χ4v) is 1.93. The second-order valence-electron chi connectivity index (χ2n) is 5.24. The first kappa shape index (κ1) is 15.8. The van der Waals surface area contributed by atoms with Crippen molar-refractivity contribution >= 4 is 0 Å². The molecule has 19 heavy (non-hydrogen) atoms.